The van der Waals surface area contributed by atoms with E-state index in [2.05, 4.69) is 0 Å². The fraction of sp³-hybridized carbons (Fsp3) is 0.818. The van der Waals surface area contributed by atoms with E-state index in [4.69, 9.17) is 18.0 Å². The number of nitrogens with two attached hydrogens (primary N) is 1. The minimum Gasteiger partial charge on any atom is -0.393 e. The maximum Gasteiger partial charge on any atom is 0.232 e. The molecular weight excluding hydrogens is 238 g/mol. The topological polar surface area (TPSA) is 69.8 Å². The van der Waals surface area contributed by atoms with Crippen LogP contribution in [0.4, 0.5) is 0 Å². The molecule has 3 unspecified atom stereocenters. The zero-order valence-corrected chi connectivity index (χ0v) is 11.4. The van der Waals surface area contributed by atoms with Gasteiger partial charge in [0.1, 0.15) is 0 Å². The summed E-state index contributed by atoms with van der Waals surface area (Å²) in [6, 6.07) is 0.0456. The third-order valence-corrected chi connectivity index (χ3v) is 3.40. The van der Waals surface area contributed by atoms with Gasteiger partial charge in [0, 0.05) is 19.1 Å². The van der Waals surface area contributed by atoms with Crippen LogP contribution in [0, 0.1) is 5.92 Å². The van der Waals surface area contributed by atoms with Crippen LogP contribution in [0.25, 0.3) is 0 Å². The smallest absolute Gasteiger partial charge is 0.232 e. The van der Waals surface area contributed by atoms with E-state index in [1.54, 1.807) is 11.8 Å². The van der Waals surface area contributed by atoms with Crippen molar-refractivity contribution < 1.29 is 9.90 Å². The first-order valence-corrected chi connectivity index (χ1v) is 6.16. The number of β-amino-alcohol motifs (C(OH)–C–C–N with tert-alkyl or cyclic N) is 1. The van der Waals surface area contributed by atoms with Gasteiger partial charge in [-0.25, -0.2) is 0 Å². The molecule has 1 aliphatic heterocycles. The van der Waals surface area contributed by atoms with Gasteiger partial charge < -0.3 is 20.6 Å². The summed E-state index contributed by atoms with van der Waals surface area (Å²) in [4.78, 5) is 16.1. The minimum atomic E-state index is -0.458. The van der Waals surface area contributed by atoms with Crippen LogP contribution in [0.15, 0.2) is 0 Å². The Bertz CT molecular complexity index is 309. The molecule has 98 valence electrons. The van der Waals surface area contributed by atoms with Crippen molar-refractivity contribution in [1.29, 1.82) is 0 Å². The van der Waals surface area contributed by atoms with E-state index < -0.39 is 12.0 Å². The number of thiocarbonyl (C=S) groups is 1. The molecule has 0 spiro atoms. The minimum absolute atomic E-state index is 0.0456. The lowest BCUT2D eigenvalue weighted by molar-refractivity contribution is -0.134. The molecule has 0 aromatic carbocycles. The van der Waals surface area contributed by atoms with Crippen molar-refractivity contribution in [2.24, 2.45) is 11.7 Å². The van der Waals surface area contributed by atoms with Crippen LogP contribution in [0.1, 0.15) is 13.3 Å². The van der Waals surface area contributed by atoms with Gasteiger partial charge in [0.15, 0.2) is 0 Å². The molecule has 3 N–H and O–H groups in total. The van der Waals surface area contributed by atoms with Crippen LogP contribution >= 0.6 is 12.2 Å². The van der Waals surface area contributed by atoms with Gasteiger partial charge in [-0.3, -0.25) is 4.79 Å². The van der Waals surface area contributed by atoms with Crippen LogP contribution < -0.4 is 5.73 Å². The molecule has 17 heavy (non-hydrogen) atoms. The van der Waals surface area contributed by atoms with Gasteiger partial charge in [-0.05, 0) is 27.4 Å². The van der Waals surface area contributed by atoms with Gasteiger partial charge in [0.2, 0.25) is 5.91 Å². The SMILES string of the molecule is CC(C(=O)N1CC(O)CC1CN(C)C)C(N)=S. The van der Waals surface area contributed by atoms with Crippen molar-refractivity contribution in [3.63, 3.8) is 0 Å². The summed E-state index contributed by atoms with van der Waals surface area (Å²) in [5.41, 5.74) is 5.50. The maximum atomic E-state index is 12.2. The number of likely N-dealkylation sites (tertiary alicyclic amines) is 1. The van der Waals surface area contributed by atoms with Gasteiger partial charge in [-0.1, -0.05) is 12.2 Å². The van der Waals surface area contributed by atoms with E-state index in [-0.39, 0.29) is 16.9 Å². The summed E-state index contributed by atoms with van der Waals surface area (Å²) in [5, 5.41) is 9.68. The Morgan fingerprint density at radius 2 is 2.24 bits per heavy atom. The number of carbonyl (C=O) groups is 1. The lowest BCUT2D eigenvalue weighted by atomic mass is 10.1. The Morgan fingerprint density at radius 3 is 2.71 bits per heavy atom. The Kier molecular flexibility index (Phi) is 4.85. The van der Waals surface area contributed by atoms with E-state index in [0.717, 1.165) is 6.54 Å². The van der Waals surface area contributed by atoms with E-state index in [1.807, 2.05) is 19.0 Å². The number of likely N-dealkylation sites (N-methyl/N-ethyl adjacent to an activating group) is 1. The first kappa shape index (κ1) is 14.3. The molecule has 1 fully saturated rings. The van der Waals surface area contributed by atoms with E-state index in [0.29, 0.717) is 13.0 Å². The predicted octanol–water partition coefficient (Wildman–Crippen LogP) is -0.568. The summed E-state index contributed by atoms with van der Waals surface area (Å²) in [7, 11) is 3.90. The monoisotopic (exact) mass is 259 g/mol. The highest BCUT2D eigenvalue weighted by molar-refractivity contribution is 7.80. The van der Waals surface area contributed by atoms with Crippen LogP contribution in [-0.2, 0) is 4.79 Å². The number of hydrogen-bond donors (Lipinski definition) is 2. The van der Waals surface area contributed by atoms with Crippen molar-refractivity contribution in [3.05, 3.63) is 0 Å². The lowest BCUT2D eigenvalue weighted by Crippen LogP contribution is -2.46. The maximum absolute atomic E-state index is 12.2. The Labute approximate surface area is 108 Å². The van der Waals surface area contributed by atoms with Crippen molar-refractivity contribution in [2.75, 3.05) is 27.2 Å². The quantitative estimate of drug-likeness (QED) is 0.662. The average Bonchev–Trinajstić information content (AvgIpc) is 2.56. The zero-order chi connectivity index (χ0) is 13.2. The molecule has 5 nitrogen and oxygen atoms in total. The van der Waals surface area contributed by atoms with Gasteiger partial charge >= 0.3 is 0 Å². The average molecular weight is 259 g/mol. The summed E-state index contributed by atoms with van der Waals surface area (Å²) in [6.07, 6.45) is 0.177. The molecule has 1 heterocycles. The Hall–Kier alpha value is -0.720. The number of aliphatic hydroxyl groups excluding tert-OH is 1. The molecule has 0 aromatic heterocycles. The highest BCUT2D eigenvalue weighted by Crippen LogP contribution is 2.21. The molecule has 6 heteroatoms. The molecule has 0 aromatic rings. The summed E-state index contributed by atoms with van der Waals surface area (Å²) in [5.74, 6) is -0.541. The van der Waals surface area contributed by atoms with E-state index in [1.165, 1.54) is 0 Å². The molecule has 1 aliphatic rings. The number of carbonyl (C=O) groups excluding carboxylic acids is 1. The fourth-order valence-corrected chi connectivity index (χ4v) is 2.23. The summed E-state index contributed by atoms with van der Waals surface area (Å²) < 4.78 is 0. The molecule has 1 rings (SSSR count). The second kappa shape index (κ2) is 5.75. The summed E-state index contributed by atoms with van der Waals surface area (Å²) in [6.45, 7) is 2.83. The van der Waals surface area contributed by atoms with E-state index in [9.17, 15) is 9.90 Å². The fourth-order valence-electron chi connectivity index (χ4n) is 2.13. The largest absolute Gasteiger partial charge is 0.393 e. The molecule has 1 saturated heterocycles. The second-order valence-electron chi connectivity index (χ2n) is 4.92. The third kappa shape index (κ3) is 3.62. The van der Waals surface area contributed by atoms with Gasteiger partial charge in [0.25, 0.3) is 0 Å². The molecule has 3 atom stereocenters. The van der Waals surface area contributed by atoms with E-state index >= 15 is 0 Å². The van der Waals surface area contributed by atoms with Crippen molar-refractivity contribution >= 4 is 23.1 Å². The first-order chi connectivity index (χ1) is 7.82. The van der Waals surface area contributed by atoms with Gasteiger partial charge in [-0.15, -0.1) is 0 Å². The number of hydrogen-bond acceptors (Lipinski definition) is 4. The van der Waals surface area contributed by atoms with Gasteiger partial charge in [-0.2, -0.15) is 0 Å². The highest BCUT2D eigenvalue weighted by atomic mass is 32.1. The normalized spacial score (nSPS) is 26.3. The van der Waals surface area contributed by atoms with Crippen LogP contribution in [-0.4, -0.2) is 65.1 Å². The zero-order valence-electron chi connectivity index (χ0n) is 10.6. The highest BCUT2D eigenvalue weighted by Gasteiger charge is 2.36. The van der Waals surface area contributed by atoms with Crippen LogP contribution in [0.5, 0.6) is 0 Å². The number of rotatable bonds is 4. The number of aliphatic hydroxyl groups is 1. The molecule has 0 bridgehead atoms. The Morgan fingerprint density at radius 1 is 1.65 bits per heavy atom. The van der Waals surface area contributed by atoms with Crippen LogP contribution in [0.2, 0.25) is 0 Å². The molecule has 1 amide bonds. The predicted molar refractivity (Wildman–Crippen MR) is 70.6 cm³/mol. The molecule has 0 saturated carbocycles. The molecule has 0 radical (unpaired) electrons. The standard InChI is InChI=1S/C11H21N3O2S/c1-7(10(12)17)11(16)14-6-9(15)4-8(14)5-13(2)3/h7-9,15H,4-6H2,1-3H3,(H2,12,17). The van der Waals surface area contributed by atoms with Crippen LogP contribution in [0.3, 0.4) is 0 Å². The number of amides is 1. The third-order valence-electron chi connectivity index (χ3n) is 3.05. The van der Waals surface area contributed by atoms with Gasteiger partial charge in [0.05, 0.1) is 17.0 Å². The first-order valence-electron chi connectivity index (χ1n) is 5.75. The van der Waals surface area contributed by atoms with Crippen molar-refractivity contribution in [1.82, 2.24) is 9.80 Å². The summed E-state index contributed by atoms with van der Waals surface area (Å²) >= 11 is 4.84. The lowest BCUT2D eigenvalue weighted by Gasteiger charge is -2.28. The molecule has 0 aliphatic carbocycles. The Balaban J connectivity index is 2.73. The molecular formula is C11H21N3O2S. The van der Waals surface area contributed by atoms with Crippen molar-refractivity contribution in [2.45, 2.75) is 25.5 Å². The number of nitrogens with zero attached hydrogens (tertiary/aromatic N) is 2. The van der Waals surface area contributed by atoms with Crippen molar-refractivity contribution in [3.8, 4) is 0 Å². The second-order valence-corrected chi connectivity index (χ2v) is 5.39.